The van der Waals surface area contributed by atoms with Crippen molar-refractivity contribution in [2.45, 2.75) is 32.9 Å². The summed E-state index contributed by atoms with van der Waals surface area (Å²) < 4.78 is 5.39. The number of hydrogen-bond acceptors (Lipinski definition) is 5. The van der Waals surface area contributed by atoms with Gasteiger partial charge in [-0.25, -0.2) is 14.8 Å². The molecule has 1 amide bonds. The van der Waals surface area contributed by atoms with E-state index in [1.165, 1.54) is 11.3 Å². The van der Waals surface area contributed by atoms with Gasteiger partial charge in [0.2, 0.25) is 5.91 Å². The summed E-state index contributed by atoms with van der Waals surface area (Å²) in [5.74, 6) is 0.598. The first-order valence-corrected chi connectivity index (χ1v) is 12.4. The van der Waals surface area contributed by atoms with Crippen LogP contribution in [0.15, 0.2) is 71.8 Å². The molecule has 9 heteroatoms. The highest BCUT2D eigenvalue weighted by atomic mass is 32.1. The summed E-state index contributed by atoms with van der Waals surface area (Å²) in [4.78, 5) is 36.0. The molecule has 3 aromatic heterocycles. The van der Waals surface area contributed by atoms with Crippen molar-refractivity contribution in [2.24, 2.45) is 7.05 Å². The van der Waals surface area contributed by atoms with Gasteiger partial charge in [-0.1, -0.05) is 60.7 Å². The highest BCUT2D eigenvalue weighted by Gasteiger charge is 2.19. The number of nitrogens with one attached hydrogen (secondary N) is 1. The van der Waals surface area contributed by atoms with E-state index in [0.717, 1.165) is 39.4 Å². The van der Waals surface area contributed by atoms with Crippen molar-refractivity contribution >= 4 is 33.4 Å². The number of carbonyl (C=O) groups excluding carboxylic acids is 1. The average molecular weight is 487 g/mol. The maximum absolute atomic E-state index is 13.0. The van der Waals surface area contributed by atoms with Crippen LogP contribution in [0, 0.1) is 0 Å². The fourth-order valence-corrected chi connectivity index (χ4v) is 5.27. The second-order valence-electron chi connectivity index (χ2n) is 8.30. The lowest BCUT2D eigenvalue weighted by Crippen LogP contribution is -2.26. The SMILES string of the molecule is CCCn1c(=O)n(CCC(=O)Nc2nc(-c3ccccc3)c(-c3nccn3C)s2)c2ccccc21. The van der Waals surface area contributed by atoms with Crippen molar-refractivity contribution in [2.75, 3.05) is 5.32 Å². The summed E-state index contributed by atoms with van der Waals surface area (Å²) >= 11 is 1.39. The molecule has 0 spiro atoms. The van der Waals surface area contributed by atoms with Crippen molar-refractivity contribution in [3.63, 3.8) is 0 Å². The van der Waals surface area contributed by atoms with E-state index in [2.05, 4.69) is 10.3 Å². The van der Waals surface area contributed by atoms with Gasteiger partial charge < -0.3 is 9.88 Å². The van der Waals surface area contributed by atoms with Crippen LogP contribution >= 0.6 is 11.3 Å². The van der Waals surface area contributed by atoms with Gasteiger partial charge in [-0.05, 0) is 18.6 Å². The van der Waals surface area contributed by atoms with Crippen molar-refractivity contribution in [3.8, 4) is 22.0 Å². The van der Waals surface area contributed by atoms with E-state index in [4.69, 9.17) is 4.98 Å². The summed E-state index contributed by atoms with van der Waals surface area (Å²) in [6.45, 7) is 2.99. The lowest BCUT2D eigenvalue weighted by molar-refractivity contribution is -0.116. The van der Waals surface area contributed by atoms with Gasteiger partial charge in [0.25, 0.3) is 0 Å². The van der Waals surface area contributed by atoms with E-state index >= 15 is 0 Å². The van der Waals surface area contributed by atoms with Gasteiger partial charge in [-0.2, -0.15) is 0 Å². The van der Waals surface area contributed by atoms with Crippen molar-refractivity contribution in [1.82, 2.24) is 23.7 Å². The van der Waals surface area contributed by atoms with E-state index in [-0.39, 0.29) is 18.0 Å². The van der Waals surface area contributed by atoms with Crippen LogP contribution in [0.25, 0.3) is 33.0 Å². The van der Waals surface area contributed by atoms with E-state index in [1.807, 2.05) is 79.3 Å². The van der Waals surface area contributed by atoms with Gasteiger partial charge in [0.1, 0.15) is 0 Å². The number of fused-ring (bicyclic) bond motifs is 1. The Hall–Kier alpha value is -3.98. The predicted molar refractivity (Wildman–Crippen MR) is 139 cm³/mol. The molecule has 1 N–H and O–H groups in total. The summed E-state index contributed by atoms with van der Waals surface area (Å²) in [5, 5.41) is 3.44. The quantitative estimate of drug-likeness (QED) is 0.342. The normalized spacial score (nSPS) is 11.3. The standard InChI is InChI=1S/C26H26N6O2S/c1-3-15-31-19-11-7-8-12-20(19)32(26(31)34)16-13-21(33)28-25-29-22(18-9-5-4-6-10-18)23(35-25)24-27-14-17-30(24)2/h4-12,14,17H,3,13,15-16H2,1-2H3,(H,28,29,33). The van der Waals surface area contributed by atoms with Gasteiger partial charge in [-0.15, -0.1) is 0 Å². The smallest absolute Gasteiger partial charge is 0.329 e. The number of hydrogen-bond donors (Lipinski definition) is 1. The van der Waals surface area contributed by atoms with Crippen LogP contribution in [0.1, 0.15) is 19.8 Å². The Morgan fingerprint density at radius 1 is 1.00 bits per heavy atom. The number of benzene rings is 2. The Labute approximate surface area is 206 Å². The zero-order valence-electron chi connectivity index (χ0n) is 19.6. The molecule has 0 atom stereocenters. The van der Waals surface area contributed by atoms with Gasteiger partial charge in [0, 0.05) is 44.5 Å². The maximum atomic E-state index is 13.0. The van der Waals surface area contributed by atoms with Gasteiger partial charge in [0.15, 0.2) is 11.0 Å². The Kier molecular flexibility index (Phi) is 6.33. The van der Waals surface area contributed by atoms with Crippen LogP contribution in [0.4, 0.5) is 5.13 Å². The molecule has 178 valence electrons. The first kappa shape index (κ1) is 22.8. The summed E-state index contributed by atoms with van der Waals surface area (Å²) in [6.07, 6.45) is 4.65. The zero-order valence-corrected chi connectivity index (χ0v) is 20.5. The van der Waals surface area contributed by atoms with E-state index in [9.17, 15) is 9.59 Å². The number of carbonyl (C=O) groups is 1. The van der Waals surface area contributed by atoms with Crippen LogP contribution in [0.5, 0.6) is 0 Å². The molecule has 5 rings (SSSR count). The van der Waals surface area contributed by atoms with Crippen molar-refractivity contribution in [1.29, 1.82) is 0 Å². The molecule has 8 nitrogen and oxygen atoms in total. The van der Waals surface area contributed by atoms with E-state index < -0.39 is 0 Å². The Balaban J connectivity index is 1.39. The third-order valence-corrected chi connectivity index (χ3v) is 6.85. The molecule has 0 aliphatic rings. The average Bonchev–Trinajstić information content (AvgIpc) is 3.55. The lowest BCUT2D eigenvalue weighted by Gasteiger charge is -2.04. The lowest BCUT2D eigenvalue weighted by atomic mass is 10.1. The van der Waals surface area contributed by atoms with Crippen LogP contribution in [0.2, 0.25) is 0 Å². The summed E-state index contributed by atoms with van der Waals surface area (Å²) in [5.41, 5.74) is 3.39. The van der Waals surface area contributed by atoms with Crippen molar-refractivity contribution < 1.29 is 4.79 Å². The van der Waals surface area contributed by atoms with Crippen LogP contribution in [0.3, 0.4) is 0 Å². The first-order chi connectivity index (χ1) is 17.1. The first-order valence-electron chi connectivity index (χ1n) is 11.6. The number of imidazole rings is 2. The van der Waals surface area contributed by atoms with Crippen molar-refractivity contribution in [3.05, 3.63) is 77.5 Å². The number of nitrogens with zero attached hydrogens (tertiary/aromatic N) is 5. The van der Waals surface area contributed by atoms with Gasteiger partial charge in [0.05, 0.1) is 21.6 Å². The number of amides is 1. The Morgan fingerprint density at radius 2 is 1.69 bits per heavy atom. The monoisotopic (exact) mass is 486 g/mol. The number of para-hydroxylation sites is 2. The third kappa shape index (κ3) is 4.42. The minimum absolute atomic E-state index is 0.0847. The molecule has 3 heterocycles. The molecule has 0 fully saturated rings. The minimum Gasteiger partial charge on any atom is -0.333 e. The third-order valence-electron chi connectivity index (χ3n) is 5.88. The van der Waals surface area contributed by atoms with Gasteiger partial charge >= 0.3 is 5.69 Å². The molecule has 5 aromatic rings. The highest BCUT2D eigenvalue weighted by molar-refractivity contribution is 7.19. The number of aromatic nitrogens is 5. The number of aryl methyl sites for hydroxylation is 3. The molecule has 0 saturated heterocycles. The topological polar surface area (TPSA) is 86.7 Å². The van der Waals surface area contributed by atoms with Crippen LogP contribution < -0.4 is 11.0 Å². The summed E-state index contributed by atoms with van der Waals surface area (Å²) in [6, 6.07) is 17.6. The number of anilines is 1. The molecule has 0 aliphatic heterocycles. The minimum atomic E-state index is -0.191. The largest absolute Gasteiger partial charge is 0.333 e. The fraction of sp³-hybridized carbons (Fsp3) is 0.231. The Bertz CT molecular complexity index is 1540. The van der Waals surface area contributed by atoms with Crippen LogP contribution in [-0.2, 0) is 24.9 Å². The molecule has 0 unspecified atom stereocenters. The molecular formula is C26H26N6O2S. The molecule has 0 bridgehead atoms. The molecule has 2 aromatic carbocycles. The molecule has 0 aliphatic carbocycles. The fourth-order valence-electron chi connectivity index (χ4n) is 4.22. The van der Waals surface area contributed by atoms with E-state index in [0.29, 0.717) is 18.2 Å². The molecular weight excluding hydrogens is 460 g/mol. The maximum Gasteiger partial charge on any atom is 0.329 e. The second-order valence-corrected chi connectivity index (χ2v) is 9.30. The Morgan fingerprint density at radius 3 is 2.34 bits per heavy atom. The number of rotatable bonds is 8. The molecule has 0 saturated carbocycles. The van der Waals surface area contributed by atoms with Crippen LogP contribution in [-0.4, -0.2) is 29.6 Å². The number of thiazole rings is 1. The summed E-state index contributed by atoms with van der Waals surface area (Å²) in [7, 11) is 1.93. The molecule has 0 radical (unpaired) electrons. The van der Waals surface area contributed by atoms with E-state index in [1.54, 1.807) is 15.3 Å². The predicted octanol–water partition coefficient (Wildman–Crippen LogP) is 4.77. The van der Waals surface area contributed by atoms with Gasteiger partial charge in [-0.3, -0.25) is 13.9 Å². The second kappa shape index (κ2) is 9.71. The highest BCUT2D eigenvalue weighted by Crippen LogP contribution is 2.38. The zero-order chi connectivity index (χ0) is 24.4. The molecule has 35 heavy (non-hydrogen) atoms.